The van der Waals surface area contributed by atoms with Crippen molar-refractivity contribution >= 4 is 5.91 Å². The first-order valence-corrected chi connectivity index (χ1v) is 8.16. The van der Waals surface area contributed by atoms with E-state index < -0.39 is 0 Å². The van der Waals surface area contributed by atoms with E-state index in [2.05, 4.69) is 5.32 Å². The zero-order chi connectivity index (χ0) is 18.4. The lowest BCUT2D eigenvalue weighted by Crippen LogP contribution is -2.31. The molecule has 0 fully saturated rings. The van der Waals surface area contributed by atoms with Gasteiger partial charge in [-0.3, -0.25) is 4.79 Å². The van der Waals surface area contributed by atoms with Crippen molar-refractivity contribution in [3.05, 3.63) is 53.1 Å². The highest BCUT2D eigenvalue weighted by Crippen LogP contribution is 2.29. The summed E-state index contributed by atoms with van der Waals surface area (Å²) < 4.78 is 16.2. The minimum absolute atomic E-state index is 0.0259. The van der Waals surface area contributed by atoms with Gasteiger partial charge in [-0.25, -0.2) is 0 Å². The van der Waals surface area contributed by atoms with E-state index >= 15 is 0 Å². The molecule has 25 heavy (non-hydrogen) atoms. The first-order valence-electron chi connectivity index (χ1n) is 8.16. The van der Waals surface area contributed by atoms with Crippen LogP contribution in [0.15, 0.2) is 36.4 Å². The largest absolute Gasteiger partial charge is 0.493 e. The van der Waals surface area contributed by atoms with Crippen LogP contribution in [0.3, 0.4) is 0 Å². The van der Waals surface area contributed by atoms with Gasteiger partial charge in [0, 0.05) is 0 Å². The van der Waals surface area contributed by atoms with Gasteiger partial charge in [-0.15, -0.1) is 0 Å². The third-order valence-electron chi connectivity index (χ3n) is 3.99. The van der Waals surface area contributed by atoms with E-state index in [1.165, 1.54) is 0 Å². The van der Waals surface area contributed by atoms with E-state index in [0.717, 1.165) is 22.4 Å². The molecule has 134 valence electrons. The van der Waals surface area contributed by atoms with Crippen LogP contribution < -0.4 is 19.5 Å². The lowest BCUT2D eigenvalue weighted by molar-refractivity contribution is -0.123. The molecule has 0 aliphatic carbocycles. The van der Waals surface area contributed by atoms with Gasteiger partial charge in [0.25, 0.3) is 5.91 Å². The molecule has 0 saturated carbocycles. The highest BCUT2D eigenvalue weighted by molar-refractivity contribution is 5.78. The molecule has 0 heterocycles. The van der Waals surface area contributed by atoms with Gasteiger partial charge in [-0.2, -0.15) is 0 Å². The van der Waals surface area contributed by atoms with Crippen LogP contribution in [0.2, 0.25) is 0 Å². The van der Waals surface area contributed by atoms with E-state index in [1.807, 2.05) is 57.2 Å². The molecular formula is C20H25NO4. The Bertz CT molecular complexity index is 742. The summed E-state index contributed by atoms with van der Waals surface area (Å²) in [5, 5.41) is 2.93. The summed E-state index contributed by atoms with van der Waals surface area (Å²) in [6.45, 7) is 5.84. The minimum Gasteiger partial charge on any atom is -0.493 e. The van der Waals surface area contributed by atoms with Crippen LogP contribution in [0.25, 0.3) is 0 Å². The number of amides is 1. The summed E-state index contributed by atoms with van der Waals surface area (Å²) in [5.41, 5.74) is 3.03. The van der Waals surface area contributed by atoms with Crippen molar-refractivity contribution in [2.75, 3.05) is 20.8 Å². The molecule has 5 nitrogen and oxygen atoms in total. The fraction of sp³-hybridized carbons (Fsp3) is 0.350. The van der Waals surface area contributed by atoms with Crippen LogP contribution in [0.4, 0.5) is 0 Å². The lowest BCUT2D eigenvalue weighted by Gasteiger charge is -2.17. The van der Waals surface area contributed by atoms with E-state index in [9.17, 15) is 4.79 Å². The van der Waals surface area contributed by atoms with Crippen molar-refractivity contribution < 1.29 is 19.0 Å². The maximum atomic E-state index is 12.2. The molecule has 0 aromatic heterocycles. The van der Waals surface area contributed by atoms with Gasteiger partial charge in [0.05, 0.1) is 20.3 Å². The van der Waals surface area contributed by atoms with Crippen LogP contribution in [0.5, 0.6) is 17.2 Å². The molecule has 2 aromatic rings. The van der Waals surface area contributed by atoms with Gasteiger partial charge < -0.3 is 19.5 Å². The van der Waals surface area contributed by atoms with Gasteiger partial charge >= 0.3 is 0 Å². The maximum Gasteiger partial charge on any atom is 0.258 e. The average Bonchev–Trinajstić information content (AvgIpc) is 2.61. The fourth-order valence-electron chi connectivity index (χ4n) is 2.49. The zero-order valence-electron chi connectivity index (χ0n) is 15.4. The Hall–Kier alpha value is -2.69. The molecule has 1 atom stereocenters. The number of nitrogens with one attached hydrogen (secondary N) is 1. The zero-order valence-corrected chi connectivity index (χ0v) is 15.4. The van der Waals surface area contributed by atoms with Crippen molar-refractivity contribution in [2.45, 2.75) is 26.8 Å². The fourth-order valence-corrected chi connectivity index (χ4v) is 2.49. The number of methoxy groups -OCH3 is 2. The summed E-state index contributed by atoms with van der Waals surface area (Å²) >= 11 is 0. The number of hydrogen-bond donors (Lipinski definition) is 1. The minimum atomic E-state index is -0.178. The Balaban J connectivity index is 1.97. The number of carbonyl (C=O) groups excluding carboxylic acids is 1. The van der Waals surface area contributed by atoms with Crippen LogP contribution in [-0.4, -0.2) is 26.7 Å². The third-order valence-corrected chi connectivity index (χ3v) is 3.99. The molecule has 0 aliphatic heterocycles. The van der Waals surface area contributed by atoms with Crippen molar-refractivity contribution in [1.82, 2.24) is 5.32 Å². The van der Waals surface area contributed by atoms with Crippen LogP contribution in [-0.2, 0) is 4.79 Å². The Kier molecular flexibility index (Phi) is 6.28. The van der Waals surface area contributed by atoms with E-state index in [0.29, 0.717) is 11.5 Å². The van der Waals surface area contributed by atoms with Gasteiger partial charge in [0.1, 0.15) is 5.75 Å². The van der Waals surface area contributed by atoms with Crippen molar-refractivity contribution in [3.63, 3.8) is 0 Å². The normalized spacial score (nSPS) is 11.6. The molecule has 0 bridgehead atoms. The Morgan fingerprint density at radius 2 is 1.72 bits per heavy atom. The number of hydrogen-bond acceptors (Lipinski definition) is 4. The van der Waals surface area contributed by atoms with Crippen molar-refractivity contribution in [1.29, 1.82) is 0 Å². The van der Waals surface area contributed by atoms with Crippen molar-refractivity contribution in [3.8, 4) is 17.2 Å². The van der Waals surface area contributed by atoms with Gasteiger partial charge in [-0.05, 0) is 55.7 Å². The quantitative estimate of drug-likeness (QED) is 0.835. The highest BCUT2D eigenvalue weighted by Gasteiger charge is 2.13. The predicted octanol–water partition coefficient (Wildman–Crippen LogP) is 3.58. The molecule has 2 rings (SSSR count). The second-order valence-corrected chi connectivity index (χ2v) is 5.96. The maximum absolute atomic E-state index is 12.2. The van der Waals surface area contributed by atoms with E-state index in [1.54, 1.807) is 14.2 Å². The Morgan fingerprint density at radius 1 is 1.00 bits per heavy atom. The van der Waals surface area contributed by atoms with Gasteiger partial charge in [0.2, 0.25) is 0 Å². The second-order valence-electron chi connectivity index (χ2n) is 5.96. The molecule has 1 N–H and O–H groups in total. The summed E-state index contributed by atoms with van der Waals surface area (Å²) in [6, 6.07) is 11.3. The van der Waals surface area contributed by atoms with Gasteiger partial charge in [0.15, 0.2) is 18.1 Å². The molecular weight excluding hydrogens is 318 g/mol. The highest BCUT2D eigenvalue weighted by atomic mass is 16.5. The van der Waals surface area contributed by atoms with Gasteiger partial charge in [-0.1, -0.05) is 18.2 Å². The molecule has 2 aromatic carbocycles. The number of benzene rings is 2. The van der Waals surface area contributed by atoms with E-state index in [4.69, 9.17) is 14.2 Å². The summed E-state index contributed by atoms with van der Waals surface area (Å²) in [4.78, 5) is 12.2. The summed E-state index contributed by atoms with van der Waals surface area (Å²) in [7, 11) is 3.18. The molecule has 5 heteroatoms. The van der Waals surface area contributed by atoms with Crippen LogP contribution in [0.1, 0.15) is 29.7 Å². The third kappa shape index (κ3) is 4.89. The monoisotopic (exact) mass is 343 g/mol. The standard InChI is InChI=1S/C20H25NO4/c1-13-6-7-14(2)18(10-13)25-12-20(22)21-15(3)16-8-9-17(23-4)19(11-16)24-5/h6-11,15H,12H2,1-5H3,(H,21,22)/t15-/m0/s1. The number of carbonyl (C=O) groups is 1. The molecule has 1 amide bonds. The Morgan fingerprint density at radius 3 is 2.40 bits per heavy atom. The molecule has 0 spiro atoms. The summed E-state index contributed by atoms with van der Waals surface area (Å²) in [6.07, 6.45) is 0. The molecule has 0 radical (unpaired) electrons. The number of aryl methyl sites for hydroxylation is 2. The van der Waals surface area contributed by atoms with Crippen molar-refractivity contribution in [2.24, 2.45) is 0 Å². The van der Waals surface area contributed by atoms with E-state index in [-0.39, 0.29) is 18.6 Å². The number of ether oxygens (including phenoxy) is 3. The second kappa shape index (κ2) is 8.42. The van der Waals surface area contributed by atoms with Crippen LogP contribution >= 0.6 is 0 Å². The topological polar surface area (TPSA) is 56.8 Å². The molecule has 0 saturated heterocycles. The number of rotatable bonds is 7. The average molecular weight is 343 g/mol. The summed E-state index contributed by atoms with van der Waals surface area (Å²) in [5.74, 6) is 1.84. The first-order chi connectivity index (χ1) is 11.9. The SMILES string of the molecule is COc1ccc([C@H](C)NC(=O)COc2cc(C)ccc2C)cc1OC. The predicted molar refractivity (Wildman–Crippen MR) is 97.5 cm³/mol. The Labute approximate surface area is 148 Å². The van der Waals surface area contributed by atoms with Crippen LogP contribution in [0, 0.1) is 13.8 Å². The first kappa shape index (κ1) is 18.6. The smallest absolute Gasteiger partial charge is 0.258 e. The molecule has 0 aliphatic rings. The lowest BCUT2D eigenvalue weighted by atomic mass is 10.1. The molecule has 0 unspecified atom stereocenters.